The van der Waals surface area contributed by atoms with Crippen molar-refractivity contribution in [2.45, 2.75) is 90.3 Å². The second-order valence-electron chi connectivity index (χ2n) is 7.85. The van der Waals surface area contributed by atoms with Gasteiger partial charge in [0, 0.05) is 18.4 Å². The lowest BCUT2D eigenvalue weighted by atomic mass is 9.81. The van der Waals surface area contributed by atoms with E-state index in [9.17, 15) is 4.79 Å². The molecule has 1 aliphatic carbocycles. The number of ether oxygens (including phenoxy) is 1. The number of nitrogens with one attached hydrogen (secondary N) is 1. The molecule has 0 unspecified atom stereocenters. The molecule has 0 atom stereocenters. The molecule has 0 saturated heterocycles. The molecule has 0 aromatic heterocycles. The van der Waals surface area contributed by atoms with Gasteiger partial charge in [0.05, 0.1) is 0 Å². The minimum atomic E-state index is -0.460. The third-order valence-electron chi connectivity index (χ3n) is 4.02. The van der Waals surface area contributed by atoms with E-state index in [4.69, 9.17) is 11.3 Å². The molecular weight excluding hydrogens is 264 g/mol. The standard InChI is InChI=1S/C17H30N2O2/c1-16(2,3)21-15(20)19-17(4,5)12-11-13-7-9-14(18-6)10-8-13/h13-14H,7-12H2,1-5H3,(H,19,20). The third kappa shape index (κ3) is 7.36. The molecule has 0 heterocycles. The molecule has 0 radical (unpaired) electrons. The van der Waals surface area contributed by atoms with E-state index >= 15 is 0 Å². The van der Waals surface area contributed by atoms with Gasteiger partial charge in [-0.1, -0.05) is 0 Å². The summed E-state index contributed by atoms with van der Waals surface area (Å²) in [6.07, 6.45) is 6.07. The minimum Gasteiger partial charge on any atom is -0.444 e. The second kappa shape index (κ2) is 7.15. The molecule has 0 aliphatic heterocycles. The van der Waals surface area contributed by atoms with Gasteiger partial charge in [-0.25, -0.2) is 11.4 Å². The number of hydrogen-bond acceptors (Lipinski definition) is 2. The summed E-state index contributed by atoms with van der Waals surface area (Å²) in [6.45, 7) is 16.8. The Morgan fingerprint density at radius 1 is 1.19 bits per heavy atom. The summed E-state index contributed by atoms with van der Waals surface area (Å²) in [4.78, 5) is 15.5. The topological polar surface area (TPSA) is 42.7 Å². The molecule has 0 aromatic carbocycles. The predicted octanol–water partition coefficient (Wildman–Crippen LogP) is 4.55. The highest BCUT2D eigenvalue weighted by molar-refractivity contribution is 5.68. The second-order valence-corrected chi connectivity index (χ2v) is 7.85. The molecule has 0 aromatic rings. The van der Waals surface area contributed by atoms with Crippen LogP contribution in [0, 0.1) is 12.5 Å². The van der Waals surface area contributed by atoms with Crippen LogP contribution < -0.4 is 5.32 Å². The van der Waals surface area contributed by atoms with Gasteiger partial charge in [0.25, 0.3) is 0 Å². The maximum absolute atomic E-state index is 11.8. The van der Waals surface area contributed by atoms with Crippen LogP contribution in [0.5, 0.6) is 0 Å². The first kappa shape index (κ1) is 17.8. The maximum Gasteiger partial charge on any atom is 0.408 e. The zero-order valence-electron chi connectivity index (χ0n) is 14.2. The lowest BCUT2D eigenvalue weighted by Gasteiger charge is -2.31. The molecule has 1 saturated carbocycles. The Labute approximate surface area is 129 Å². The number of hydrogen-bond donors (Lipinski definition) is 1. The molecule has 1 aliphatic rings. The molecule has 21 heavy (non-hydrogen) atoms. The van der Waals surface area contributed by atoms with Crippen LogP contribution in [0.25, 0.3) is 4.85 Å². The van der Waals surface area contributed by atoms with E-state index in [-0.39, 0.29) is 17.7 Å². The van der Waals surface area contributed by atoms with Crippen molar-refractivity contribution in [3.8, 4) is 0 Å². The van der Waals surface area contributed by atoms with E-state index < -0.39 is 5.60 Å². The molecule has 120 valence electrons. The maximum atomic E-state index is 11.8. The van der Waals surface area contributed by atoms with Crippen LogP contribution in [0.2, 0.25) is 0 Å². The van der Waals surface area contributed by atoms with Crippen LogP contribution in [0.3, 0.4) is 0 Å². The van der Waals surface area contributed by atoms with Crippen LogP contribution in [-0.2, 0) is 4.74 Å². The van der Waals surface area contributed by atoms with E-state index in [1.165, 1.54) is 0 Å². The third-order valence-corrected chi connectivity index (χ3v) is 4.02. The number of amides is 1. The Morgan fingerprint density at radius 2 is 1.76 bits per heavy atom. The summed E-state index contributed by atoms with van der Waals surface area (Å²) < 4.78 is 5.31. The zero-order valence-corrected chi connectivity index (χ0v) is 14.2. The summed E-state index contributed by atoms with van der Waals surface area (Å²) in [5, 5.41) is 2.96. The molecule has 1 fully saturated rings. The van der Waals surface area contributed by atoms with Gasteiger partial charge in [0.1, 0.15) is 5.60 Å². The Morgan fingerprint density at radius 3 is 2.24 bits per heavy atom. The van der Waals surface area contributed by atoms with Gasteiger partial charge < -0.3 is 14.9 Å². The highest BCUT2D eigenvalue weighted by Crippen LogP contribution is 2.31. The molecular formula is C17H30N2O2. The van der Waals surface area contributed by atoms with Crippen molar-refractivity contribution in [1.29, 1.82) is 0 Å². The van der Waals surface area contributed by atoms with Gasteiger partial charge >= 0.3 is 6.09 Å². The lowest BCUT2D eigenvalue weighted by Crippen LogP contribution is -2.46. The Bertz CT molecular complexity index is 383. The van der Waals surface area contributed by atoms with Gasteiger partial charge in [-0.2, -0.15) is 0 Å². The zero-order chi connectivity index (χ0) is 16.1. The van der Waals surface area contributed by atoms with Crippen LogP contribution in [0.4, 0.5) is 4.79 Å². The first-order valence-corrected chi connectivity index (χ1v) is 7.99. The normalized spacial score (nSPS) is 23.2. The fourth-order valence-corrected chi connectivity index (χ4v) is 2.77. The lowest BCUT2D eigenvalue weighted by molar-refractivity contribution is 0.0463. The monoisotopic (exact) mass is 294 g/mol. The Balaban J connectivity index is 2.33. The van der Waals surface area contributed by atoms with Crippen LogP contribution >= 0.6 is 0 Å². The summed E-state index contributed by atoms with van der Waals surface area (Å²) in [7, 11) is 0. The SMILES string of the molecule is [C-]#[N+]C1CCC(CCC(C)(C)NC(=O)OC(C)(C)C)CC1. The number of carbonyl (C=O) groups is 1. The number of rotatable bonds is 4. The van der Waals surface area contributed by atoms with E-state index in [1.807, 2.05) is 34.6 Å². The van der Waals surface area contributed by atoms with Gasteiger partial charge in [0.2, 0.25) is 6.04 Å². The molecule has 1 rings (SSSR count). The van der Waals surface area contributed by atoms with Crippen molar-refractivity contribution in [1.82, 2.24) is 5.32 Å². The molecule has 4 heteroatoms. The van der Waals surface area contributed by atoms with E-state index in [1.54, 1.807) is 0 Å². The first-order valence-electron chi connectivity index (χ1n) is 7.99. The Hall–Kier alpha value is -1.24. The molecule has 1 N–H and O–H groups in total. The van der Waals surface area contributed by atoms with Gasteiger partial charge in [-0.15, -0.1) is 0 Å². The van der Waals surface area contributed by atoms with Crippen molar-refractivity contribution in [2.75, 3.05) is 0 Å². The molecule has 4 nitrogen and oxygen atoms in total. The van der Waals surface area contributed by atoms with Gasteiger partial charge in [0.15, 0.2) is 0 Å². The van der Waals surface area contributed by atoms with Crippen LogP contribution in [0.15, 0.2) is 0 Å². The van der Waals surface area contributed by atoms with Crippen molar-refractivity contribution in [2.24, 2.45) is 5.92 Å². The number of nitrogens with zero attached hydrogens (tertiary/aromatic N) is 1. The van der Waals surface area contributed by atoms with Crippen LogP contribution in [-0.4, -0.2) is 23.3 Å². The highest BCUT2D eigenvalue weighted by atomic mass is 16.6. The predicted molar refractivity (Wildman–Crippen MR) is 85.0 cm³/mol. The van der Waals surface area contributed by atoms with E-state index in [0.717, 1.165) is 38.5 Å². The quantitative estimate of drug-likeness (QED) is 0.773. The average molecular weight is 294 g/mol. The van der Waals surface area contributed by atoms with Crippen molar-refractivity contribution in [3.05, 3.63) is 11.4 Å². The smallest absolute Gasteiger partial charge is 0.408 e. The molecule has 0 spiro atoms. The number of alkyl carbamates (subject to hydrolysis) is 1. The number of carbonyl (C=O) groups excluding carboxylic acids is 1. The summed E-state index contributed by atoms with van der Waals surface area (Å²) >= 11 is 0. The average Bonchev–Trinajstić information content (AvgIpc) is 2.34. The minimum absolute atomic E-state index is 0.245. The summed E-state index contributed by atoms with van der Waals surface area (Å²) in [6, 6.07) is 0.245. The highest BCUT2D eigenvalue weighted by Gasteiger charge is 2.28. The van der Waals surface area contributed by atoms with Crippen molar-refractivity contribution in [3.63, 3.8) is 0 Å². The van der Waals surface area contributed by atoms with Crippen molar-refractivity contribution < 1.29 is 9.53 Å². The Kier molecular flexibility index (Phi) is 6.07. The molecule has 0 bridgehead atoms. The summed E-state index contributed by atoms with van der Waals surface area (Å²) in [5.74, 6) is 0.697. The molecule has 1 amide bonds. The van der Waals surface area contributed by atoms with E-state index in [0.29, 0.717) is 5.92 Å². The van der Waals surface area contributed by atoms with Crippen LogP contribution in [0.1, 0.15) is 73.1 Å². The first-order chi connectivity index (χ1) is 9.61. The van der Waals surface area contributed by atoms with E-state index in [2.05, 4.69) is 10.2 Å². The van der Waals surface area contributed by atoms with Crippen molar-refractivity contribution >= 4 is 6.09 Å². The largest absolute Gasteiger partial charge is 0.444 e. The fourth-order valence-electron chi connectivity index (χ4n) is 2.77. The summed E-state index contributed by atoms with van der Waals surface area (Å²) in [5.41, 5.74) is -0.711. The van der Waals surface area contributed by atoms with Gasteiger partial charge in [-0.3, -0.25) is 0 Å². The van der Waals surface area contributed by atoms with Gasteiger partial charge in [-0.05, 0) is 66.2 Å². The fraction of sp³-hybridized carbons (Fsp3) is 0.882.